The summed E-state index contributed by atoms with van der Waals surface area (Å²) in [4.78, 5) is 0. The molecule has 2 aromatic rings. The van der Waals surface area contributed by atoms with Crippen LogP contribution in [0.25, 0.3) is 10.9 Å². The Hall–Kier alpha value is -1.32. The molecule has 0 spiro atoms. The number of rotatable bonds is 3. The zero-order chi connectivity index (χ0) is 14.2. The van der Waals surface area contributed by atoms with Crippen molar-refractivity contribution >= 4 is 10.9 Å². The Morgan fingerprint density at radius 3 is 2.85 bits per heavy atom. The average Bonchev–Trinajstić information content (AvgIpc) is 2.70. The summed E-state index contributed by atoms with van der Waals surface area (Å²) >= 11 is 0. The van der Waals surface area contributed by atoms with Gasteiger partial charge in [-0.2, -0.15) is 0 Å². The first-order chi connectivity index (χ1) is 9.61. The number of hydrogen-bond donors (Lipinski definition) is 1. The van der Waals surface area contributed by atoms with Crippen LogP contribution in [0.1, 0.15) is 31.0 Å². The van der Waals surface area contributed by atoms with Crippen LogP contribution in [0.15, 0.2) is 24.3 Å². The van der Waals surface area contributed by atoms with Crippen LogP contribution in [0, 0.1) is 6.92 Å². The third-order valence-electron chi connectivity index (χ3n) is 4.63. The minimum Gasteiger partial charge on any atom is -0.380 e. The Balaban J connectivity index is 1.84. The van der Waals surface area contributed by atoms with Gasteiger partial charge in [0.05, 0.1) is 6.61 Å². The van der Waals surface area contributed by atoms with Crippen molar-refractivity contribution in [2.45, 2.75) is 38.8 Å². The summed E-state index contributed by atoms with van der Waals surface area (Å²) < 4.78 is 7.93. The Morgan fingerprint density at radius 2 is 2.15 bits per heavy atom. The van der Waals surface area contributed by atoms with Crippen LogP contribution >= 0.6 is 0 Å². The molecule has 0 amide bonds. The minimum atomic E-state index is 0.112. The summed E-state index contributed by atoms with van der Waals surface area (Å²) in [7, 11) is 2.16. The van der Waals surface area contributed by atoms with Crippen LogP contribution < -0.4 is 5.32 Å². The second kappa shape index (κ2) is 5.23. The molecule has 3 rings (SSSR count). The van der Waals surface area contributed by atoms with Crippen LogP contribution in [-0.4, -0.2) is 23.3 Å². The Kier molecular flexibility index (Phi) is 3.57. The molecule has 1 N–H and O–H groups in total. The number of benzene rings is 1. The topological polar surface area (TPSA) is 26.2 Å². The van der Waals surface area contributed by atoms with Crippen molar-refractivity contribution in [1.82, 2.24) is 9.88 Å². The third-order valence-corrected chi connectivity index (χ3v) is 4.63. The molecule has 2 heterocycles. The molecular formula is C17H24N2O. The summed E-state index contributed by atoms with van der Waals surface area (Å²) in [6, 6.07) is 8.62. The number of fused-ring (bicyclic) bond motifs is 1. The second-order valence-electron chi connectivity index (χ2n) is 6.22. The fourth-order valence-corrected chi connectivity index (χ4v) is 3.26. The summed E-state index contributed by atoms with van der Waals surface area (Å²) in [5.41, 5.74) is 4.18. The van der Waals surface area contributed by atoms with Gasteiger partial charge in [-0.25, -0.2) is 0 Å². The van der Waals surface area contributed by atoms with Gasteiger partial charge in [-0.05, 0) is 38.3 Å². The molecule has 1 aliphatic heterocycles. The molecule has 1 atom stereocenters. The average molecular weight is 272 g/mol. The zero-order valence-electron chi connectivity index (χ0n) is 12.7. The highest BCUT2D eigenvalue weighted by molar-refractivity contribution is 5.85. The molecule has 3 heteroatoms. The van der Waals surface area contributed by atoms with E-state index in [1.807, 2.05) is 0 Å². The highest BCUT2D eigenvalue weighted by Gasteiger charge is 2.27. The number of aromatic nitrogens is 1. The van der Waals surface area contributed by atoms with Gasteiger partial charge in [0.1, 0.15) is 0 Å². The van der Waals surface area contributed by atoms with E-state index in [1.165, 1.54) is 28.6 Å². The monoisotopic (exact) mass is 272 g/mol. The zero-order valence-corrected chi connectivity index (χ0v) is 12.7. The van der Waals surface area contributed by atoms with Crippen molar-refractivity contribution in [3.8, 4) is 0 Å². The van der Waals surface area contributed by atoms with E-state index in [2.05, 4.69) is 55.0 Å². The molecule has 0 radical (unpaired) electrons. The lowest BCUT2D eigenvalue weighted by atomic mass is 9.95. The van der Waals surface area contributed by atoms with E-state index < -0.39 is 0 Å². The standard InChI is InChI=1S/C17H24N2O/c1-13-14-7-4-5-8-15(14)19(3)16(13)11-18-17(2)9-6-10-20-12-17/h4-5,7-8,18H,6,9-12H2,1-3H3. The number of ether oxygens (including phenoxy) is 1. The van der Waals surface area contributed by atoms with Crippen LogP contribution in [0.5, 0.6) is 0 Å². The fourth-order valence-electron chi connectivity index (χ4n) is 3.26. The summed E-state index contributed by atoms with van der Waals surface area (Å²) in [6.07, 6.45) is 2.34. The summed E-state index contributed by atoms with van der Waals surface area (Å²) in [6.45, 7) is 7.11. The van der Waals surface area contributed by atoms with Crippen molar-refractivity contribution in [3.63, 3.8) is 0 Å². The second-order valence-corrected chi connectivity index (χ2v) is 6.22. The first-order valence-corrected chi connectivity index (χ1v) is 7.46. The lowest BCUT2D eigenvalue weighted by Crippen LogP contribution is -2.48. The quantitative estimate of drug-likeness (QED) is 0.929. The van der Waals surface area contributed by atoms with Gasteiger partial charge in [0.25, 0.3) is 0 Å². The molecule has 0 bridgehead atoms. The minimum absolute atomic E-state index is 0.112. The number of hydrogen-bond acceptors (Lipinski definition) is 2. The van der Waals surface area contributed by atoms with Gasteiger partial charge in [-0.15, -0.1) is 0 Å². The third kappa shape index (κ3) is 2.36. The molecule has 1 aromatic heterocycles. The predicted octanol–water partition coefficient (Wildman–Crippen LogP) is 3.15. The first kappa shape index (κ1) is 13.7. The fraction of sp³-hybridized carbons (Fsp3) is 0.529. The van der Waals surface area contributed by atoms with E-state index in [4.69, 9.17) is 4.74 Å². The Bertz CT molecular complexity index is 570. The number of aryl methyl sites for hydroxylation is 2. The van der Waals surface area contributed by atoms with Gasteiger partial charge >= 0.3 is 0 Å². The Morgan fingerprint density at radius 1 is 1.35 bits per heavy atom. The van der Waals surface area contributed by atoms with Crippen molar-refractivity contribution in [3.05, 3.63) is 35.5 Å². The lowest BCUT2D eigenvalue weighted by Gasteiger charge is -2.34. The van der Waals surface area contributed by atoms with Crippen molar-refractivity contribution in [1.29, 1.82) is 0 Å². The Labute approximate surface area is 120 Å². The highest BCUT2D eigenvalue weighted by atomic mass is 16.5. The molecule has 3 nitrogen and oxygen atoms in total. The maximum atomic E-state index is 5.62. The highest BCUT2D eigenvalue weighted by Crippen LogP contribution is 2.25. The molecule has 1 aromatic carbocycles. The summed E-state index contributed by atoms with van der Waals surface area (Å²) in [5, 5.41) is 5.07. The van der Waals surface area contributed by atoms with Crippen LogP contribution in [0.4, 0.5) is 0 Å². The van der Waals surface area contributed by atoms with Crippen LogP contribution in [0.2, 0.25) is 0 Å². The van der Waals surface area contributed by atoms with Gasteiger partial charge in [0, 0.05) is 42.3 Å². The van der Waals surface area contributed by atoms with Gasteiger partial charge < -0.3 is 14.6 Å². The van der Waals surface area contributed by atoms with Gasteiger partial charge in [-0.3, -0.25) is 0 Å². The van der Waals surface area contributed by atoms with E-state index >= 15 is 0 Å². The number of nitrogens with zero attached hydrogens (tertiary/aromatic N) is 1. The maximum absolute atomic E-state index is 5.62. The van der Waals surface area contributed by atoms with E-state index in [-0.39, 0.29) is 5.54 Å². The van der Waals surface area contributed by atoms with Crippen molar-refractivity contribution in [2.24, 2.45) is 7.05 Å². The van der Waals surface area contributed by atoms with Crippen LogP contribution in [0.3, 0.4) is 0 Å². The smallest absolute Gasteiger partial charge is 0.0645 e. The van der Waals surface area contributed by atoms with Crippen LogP contribution in [-0.2, 0) is 18.3 Å². The summed E-state index contributed by atoms with van der Waals surface area (Å²) in [5.74, 6) is 0. The largest absolute Gasteiger partial charge is 0.380 e. The molecular weight excluding hydrogens is 248 g/mol. The number of para-hydroxylation sites is 1. The number of nitrogens with one attached hydrogen (secondary N) is 1. The van der Waals surface area contributed by atoms with E-state index in [0.29, 0.717) is 0 Å². The molecule has 1 unspecified atom stereocenters. The SMILES string of the molecule is Cc1c(CNC2(C)CCCOC2)n(C)c2ccccc12. The van der Waals surface area contributed by atoms with Gasteiger partial charge in [-0.1, -0.05) is 18.2 Å². The molecule has 108 valence electrons. The molecule has 0 aliphatic carbocycles. The van der Waals surface area contributed by atoms with E-state index in [1.54, 1.807) is 0 Å². The van der Waals surface area contributed by atoms with Gasteiger partial charge in [0.15, 0.2) is 0 Å². The lowest BCUT2D eigenvalue weighted by molar-refractivity contribution is 0.0275. The van der Waals surface area contributed by atoms with E-state index in [0.717, 1.165) is 26.2 Å². The predicted molar refractivity (Wildman–Crippen MR) is 83.0 cm³/mol. The van der Waals surface area contributed by atoms with Crippen molar-refractivity contribution < 1.29 is 4.74 Å². The maximum Gasteiger partial charge on any atom is 0.0645 e. The molecule has 1 aliphatic rings. The van der Waals surface area contributed by atoms with Gasteiger partial charge in [0.2, 0.25) is 0 Å². The molecule has 0 saturated carbocycles. The van der Waals surface area contributed by atoms with E-state index in [9.17, 15) is 0 Å². The van der Waals surface area contributed by atoms with Crippen molar-refractivity contribution in [2.75, 3.05) is 13.2 Å². The molecule has 1 fully saturated rings. The normalized spacial score (nSPS) is 23.4. The molecule has 1 saturated heterocycles. The molecule has 20 heavy (non-hydrogen) atoms. The first-order valence-electron chi connectivity index (χ1n) is 7.46.